The SMILES string of the molecule is O=C(O)c1ccc(CN(Cc2cccs2)Cc2cccs2)s1. The van der Waals surface area contributed by atoms with Gasteiger partial charge >= 0.3 is 5.97 Å². The van der Waals surface area contributed by atoms with E-state index in [9.17, 15) is 4.79 Å². The van der Waals surface area contributed by atoms with Gasteiger partial charge in [0.1, 0.15) is 4.88 Å². The van der Waals surface area contributed by atoms with Crippen molar-refractivity contribution in [1.29, 1.82) is 0 Å². The Morgan fingerprint density at radius 1 is 0.909 bits per heavy atom. The van der Waals surface area contributed by atoms with Gasteiger partial charge in [-0.1, -0.05) is 12.1 Å². The van der Waals surface area contributed by atoms with Crippen LogP contribution in [0.5, 0.6) is 0 Å². The maximum absolute atomic E-state index is 11.0. The molecule has 6 heteroatoms. The zero-order chi connectivity index (χ0) is 15.4. The molecule has 1 N–H and O–H groups in total. The minimum Gasteiger partial charge on any atom is -0.477 e. The number of hydrogen-bond donors (Lipinski definition) is 1. The summed E-state index contributed by atoms with van der Waals surface area (Å²) in [5, 5.41) is 13.2. The number of rotatable bonds is 7. The van der Waals surface area contributed by atoms with Gasteiger partial charge < -0.3 is 5.11 Å². The highest BCUT2D eigenvalue weighted by atomic mass is 32.1. The topological polar surface area (TPSA) is 40.5 Å². The summed E-state index contributed by atoms with van der Waals surface area (Å²) in [6.45, 7) is 2.54. The summed E-state index contributed by atoms with van der Waals surface area (Å²) < 4.78 is 0. The molecule has 0 atom stereocenters. The average molecular weight is 350 g/mol. The zero-order valence-corrected chi connectivity index (χ0v) is 14.2. The Labute approximate surface area is 141 Å². The number of aromatic carboxylic acids is 1. The third-order valence-corrected chi connectivity index (χ3v) is 5.95. The maximum Gasteiger partial charge on any atom is 0.345 e. The molecule has 0 spiro atoms. The van der Waals surface area contributed by atoms with Crippen molar-refractivity contribution in [3.05, 3.63) is 66.7 Å². The van der Waals surface area contributed by atoms with E-state index in [0.29, 0.717) is 4.88 Å². The highest BCUT2D eigenvalue weighted by molar-refractivity contribution is 7.13. The van der Waals surface area contributed by atoms with Crippen LogP contribution in [0, 0.1) is 0 Å². The third-order valence-electron chi connectivity index (χ3n) is 3.17. The van der Waals surface area contributed by atoms with E-state index >= 15 is 0 Å². The minimum absolute atomic E-state index is 0.405. The fourth-order valence-corrected chi connectivity index (χ4v) is 4.59. The van der Waals surface area contributed by atoms with Crippen LogP contribution in [0.1, 0.15) is 24.3 Å². The van der Waals surface area contributed by atoms with Crippen LogP contribution in [0.15, 0.2) is 47.2 Å². The first-order valence-electron chi connectivity index (χ1n) is 6.80. The lowest BCUT2D eigenvalue weighted by Crippen LogP contribution is -2.20. The van der Waals surface area contributed by atoms with Crippen molar-refractivity contribution in [2.75, 3.05) is 0 Å². The first kappa shape index (κ1) is 15.4. The number of carboxylic acids is 1. The van der Waals surface area contributed by atoms with Gasteiger partial charge in [-0.15, -0.1) is 34.0 Å². The van der Waals surface area contributed by atoms with E-state index < -0.39 is 5.97 Å². The lowest BCUT2D eigenvalue weighted by atomic mass is 10.3. The highest BCUT2D eigenvalue weighted by Gasteiger charge is 2.13. The molecule has 0 saturated carbocycles. The Kier molecular flexibility index (Phi) is 5.04. The molecule has 0 radical (unpaired) electrons. The Morgan fingerprint density at radius 3 is 1.95 bits per heavy atom. The molecule has 0 amide bonds. The molecule has 0 fully saturated rings. The Balaban J connectivity index is 1.73. The quantitative estimate of drug-likeness (QED) is 0.668. The summed E-state index contributed by atoms with van der Waals surface area (Å²) in [6, 6.07) is 12.0. The van der Waals surface area contributed by atoms with Crippen LogP contribution in [0.4, 0.5) is 0 Å². The van der Waals surface area contributed by atoms with Crippen LogP contribution >= 0.6 is 34.0 Å². The van der Waals surface area contributed by atoms with Crippen molar-refractivity contribution < 1.29 is 9.90 Å². The fraction of sp³-hybridized carbons (Fsp3) is 0.188. The standard InChI is InChI=1S/C16H15NO2S3/c18-16(19)15-6-5-14(22-15)11-17(9-12-3-1-7-20-12)10-13-4-2-8-21-13/h1-8H,9-11H2,(H,18,19). The van der Waals surface area contributed by atoms with Gasteiger partial charge in [0, 0.05) is 34.3 Å². The first-order valence-corrected chi connectivity index (χ1v) is 9.37. The first-order chi connectivity index (χ1) is 10.7. The van der Waals surface area contributed by atoms with Crippen molar-refractivity contribution >= 4 is 40.0 Å². The van der Waals surface area contributed by atoms with Crippen LogP contribution in [0.25, 0.3) is 0 Å². The molecule has 22 heavy (non-hydrogen) atoms. The molecule has 3 heterocycles. The second kappa shape index (κ2) is 7.19. The molecule has 0 bridgehead atoms. The van der Waals surface area contributed by atoms with E-state index in [1.165, 1.54) is 21.1 Å². The molecule has 0 aliphatic heterocycles. The molecule has 0 saturated heterocycles. The van der Waals surface area contributed by atoms with Crippen LogP contribution in [0.3, 0.4) is 0 Å². The van der Waals surface area contributed by atoms with Crippen molar-refractivity contribution in [2.24, 2.45) is 0 Å². The Hall–Kier alpha value is -1.47. The Morgan fingerprint density at radius 2 is 1.50 bits per heavy atom. The molecule has 114 valence electrons. The summed E-state index contributed by atoms with van der Waals surface area (Å²) in [6.07, 6.45) is 0. The highest BCUT2D eigenvalue weighted by Crippen LogP contribution is 2.23. The van der Waals surface area contributed by atoms with Crippen LogP contribution in [-0.2, 0) is 19.6 Å². The van der Waals surface area contributed by atoms with Crippen molar-refractivity contribution in [2.45, 2.75) is 19.6 Å². The summed E-state index contributed by atoms with van der Waals surface area (Å²) in [4.78, 5) is 17.5. The number of hydrogen-bond acceptors (Lipinski definition) is 5. The average Bonchev–Trinajstić information content (AvgIpc) is 3.19. The summed E-state index contributed by atoms with van der Waals surface area (Å²) >= 11 is 4.87. The van der Waals surface area contributed by atoms with Crippen molar-refractivity contribution in [3.8, 4) is 0 Å². The van der Waals surface area contributed by atoms with Crippen molar-refractivity contribution in [1.82, 2.24) is 4.90 Å². The molecule has 3 nitrogen and oxygen atoms in total. The Bertz CT molecular complexity index is 680. The van der Waals surface area contributed by atoms with Crippen molar-refractivity contribution in [3.63, 3.8) is 0 Å². The van der Waals surface area contributed by atoms with E-state index in [-0.39, 0.29) is 0 Å². The van der Waals surface area contributed by atoms with E-state index in [2.05, 4.69) is 39.9 Å². The van der Waals surface area contributed by atoms with Gasteiger partial charge in [0.05, 0.1) is 0 Å². The van der Waals surface area contributed by atoms with Gasteiger partial charge in [0.15, 0.2) is 0 Å². The van der Waals surface area contributed by atoms with Crippen LogP contribution in [-0.4, -0.2) is 16.0 Å². The second-order valence-corrected chi connectivity index (χ2v) is 8.11. The molecule has 0 aromatic carbocycles. The van der Waals surface area contributed by atoms with E-state index in [1.54, 1.807) is 28.7 Å². The minimum atomic E-state index is -0.848. The number of carbonyl (C=O) groups is 1. The van der Waals surface area contributed by atoms with Gasteiger partial charge in [-0.2, -0.15) is 0 Å². The molecule has 3 aromatic rings. The monoisotopic (exact) mass is 349 g/mol. The number of carboxylic acid groups (broad SMARTS) is 1. The largest absolute Gasteiger partial charge is 0.477 e. The molecule has 0 aliphatic carbocycles. The summed E-state index contributed by atoms with van der Waals surface area (Å²) in [7, 11) is 0. The molecule has 0 unspecified atom stereocenters. The van der Waals surface area contributed by atoms with E-state index in [0.717, 1.165) is 24.5 Å². The fourth-order valence-electron chi connectivity index (χ4n) is 2.21. The maximum atomic E-state index is 11.0. The van der Waals surface area contributed by atoms with E-state index in [1.807, 2.05) is 6.07 Å². The van der Waals surface area contributed by atoms with Gasteiger partial charge in [-0.3, -0.25) is 4.90 Å². The second-order valence-electron chi connectivity index (χ2n) is 4.88. The van der Waals surface area contributed by atoms with Gasteiger partial charge in [-0.05, 0) is 35.0 Å². The molecule has 3 aromatic heterocycles. The van der Waals surface area contributed by atoms with Crippen LogP contribution < -0.4 is 0 Å². The van der Waals surface area contributed by atoms with Gasteiger partial charge in [0.25, 0.3) is 0 Å². The smallest absolute Gasteiger partial charge is 0.345 e. The molecular weight excluding hydrogens is 334 g/mol. The number of thiophene rings is 3. The predicted molar refractivity (Wildman–Crippen MR) is 92.9 cm³/mol. The van der Waals surface area contributed by atoms with Crippen LogP contribution in [0.2, 0.25) is 0 Å². The normalized spacial score (nSPS) is 11.1. The van der Waals surface area contributed by atoms with E-state index in [4.69, 9.17) is 5.11 Å². The van der Waals surface area contributed by atoms with Gasteiger partial charge in [0.2, 0.25) is 0 Å². The summed E-state index contributed by atoms with van der Waals surface area (Å²) in [5.41, 5.74) is 0. The number of nitrogens with zero attached hydrogens (tertiary/aromatic N) is 1. The summed E-state index contributed by atoms with van der Waals surface area (Å²) in [5.74, 6) is -0.848. The third kappa shape index (κ3) is 4.04. The predicted octanol–water partition coefficient (Wildman–Crippen LogP) is 4.77. The van der Waals surface area contributed by atoms with Gasteiger partial charge in [-0.25, -0.2) is 4.79 Å². The lowest BCUT2D eigenvalue weighted by molar-refractivity contribution is 0.0702. The molecule has 0 aliphatic rings. The zero-order valence-electron chi connectivity index (χ0n) is 11.8. The lowest BCUT2D eigenvalue weighted by Gasteiger charge is -2.20. The molecular formula is C16H15NO2S3. The molecule has 3 rings (SSSR count).